The van der Waals surface area contributed by atoms with Crippen LogP contribution in [0.1, 0.15) is 12.0 Å². The maximum absolute atomic E-state index is 12.6. The first-order valence-electron chi connectivity index (χ1n) is 3.62. The van der Waals surface area contributed by atoms with Gasteiger partial charge in [-0.2, -0.15) is 0 Å². The number of benzene rings is 1. The zero-order chi connectivity index (χ0) is 7.68. The fraction of sp³-hybridized carbons (Fsp3) is 0.222. The molecule has 2 rings (SSSR count). The van der Waals surface area contributed by atoms with Gasteiger partial charge in [0.2, 0.25) is 0 Å². The Balaban J connectivity index is 2.43. The van der Waals surface area contributed by atoms with Gasteiger partial charge in [0, 0.05) is 5.56 Å². The zero-order valence-electron chi connectivity index (χ0n) is 6.01. The molecule has 57 valence electrons. The van der Waals surface area contributed by atoms with Gasteiger partial charge >= 0.3 is 0 Å². The first-order valence-corrected chi connectivity index (χ1v) is 3.62. The monoisotopic (exact) mass is 151 g/mol. The maximum atomic E-state index is 12.6. The summed E-state index contributed by atoms with van der Waals surface area (Å²) >= 11 is 0. The van der Waals surface area contributed by atoms with E-state index in [0.29, 0.717) is 6.61 Å². The van der Waals surface area contributed by atoms with E-state index in [1.807, 2.05) is 6.42 Å². The summed E-state index contributed by atoms with van der Waals surface area (Å²) in [4.78, 5) is 0. The molecular weight excluding hydrogens is 143 g/mol. The van der Waals surface area contributed by atoms with Crippen molar-refractivity contribution in [3.8, 4) is 5.75 Å². The Hall–Kier alpha value is -1.05. The minimum Gasteiger partial charge on any atom is -0.493 e. The van der Waals surface area contributed by atoms with Gasteiger partial charge in [0.25, 0.3) is 0 Å². The molecule has 0 amide bonds. The van der Waals surface area contributed by atoms with Crippen LogP contribution in [0.25, 0.3) is 0 Å². The van der Waals surface area contributed by atoms with Crippen LogP contribution in [0, 0.1) is 12.2 Å². The lowest BCUT2D eigenvalue weighted by Gasteiger charge is -2.15. The third kappa shape index (κ3) is 1.20. The fourth-order valence-electron chi connectivity index (χ4n) is 1.19. The number of hydrogen-bond donors (Lipinski definition) is 0. The smallest absolute Gasteiger partial charge is 0.123 e. The SMILES string of the molecule is Fc1ccc2c(c1)[CH]CCO2. The van der Waals surface area contributed by atoms with Gasteiger partial charge < -0.3 is 4.74 Å². The summed E-state index contributed by atoms with van der Waals surface area (Å²) < 4.78 is 17.9. The standard InChI is InChI=1S/C9H8FO/c10-8-3-4-9-7(6-8)2-1-5-11-9/h2-4,6H,1,5H2. The van der Waals surface area contributed by atoms with Gasteiger partial charge in [0.05, 0.1) is 6.61 Å². The maximum Gasteiger partial charge on any atom is 0.123 e. The Kier molecular flexibility index (Phi) is 1.53. The average Bonchev–Trinajstić information content (AvgIpc) is 2.04. The molecule has 0 unspecified atom stereocenters. The minimum atomic E-state index is -0.203. The van der Waals surface area contributed by atoms with E-state index in [9.17, 15) is 4.39 Å². The van der Waals surface area contributed by atoms with Crippen molar-refractivity contribution in [2.24, 2.45) is 0 Å². The summed E-state index contributed by atoms with van der Waals surface area (Å²) in [5.74, 6) is 0.586. The third-order valence-electron chi connectivity index (χ3n) is 1.71. The molecule has 0 aliphatic carbocycles. The number of fused-ring (bicyclic) bond motifs is 1. The molecule has 0 atom stereocenters. The van der Waals surface area contributed by atoms with Gasteiger partial charge in [-0.15, -0.1) is 0 Å². The van der Waals surface area contributed by atoms with Crippen molar-refractivity contribution in [2.45, 2.75) is 6.42 Å². The molecule has 0 N–H and O–H groups in total. The van der Waals surface area contributed by atoms with Crippen LogP contribution >= 0.6 is 0 Å². The molecule has 1 aromatic carbocycles. The second-order valence-corrected chi connectivity index (χ2v) is 2.52. The van der Waals surface area contributed by atoms with E-state index in [2.05, 4.69) is 0 Å². The highest BCUT2D eigenvalue weighted by atomic mass is 19.1. The molecule has 1 aromatic rings. The summed E-state index contributed by atoms with van der Waals surface area (Å²) in [6.07, 6.45) is 2.86. The Labute approximate surface area is 64.8 Å². The third-order valence-corrected chi connectivity index (χ3v) is 1.71. The Bertz CT molecular complexity index is 270. The van der Waals surface area contributed by atoms with Gasteiger partial charge in [-0.05, 0) is 31.0 Å². The molecule has 2 heteroatoms. The Morgan fingerprint density at radius 1 is 1.36 bits per heavy atom. The van der Waals surface area contributed by atoms with E-state index in [1.54, 1.807) is 6.07 Å². The van der Waals surface area contributed by atoms with Crippen molar-refractivity contribution in [1.29, 1.82) is 0 Å². The molecule has 1 heterocycles. The van der Waals surface area contributed by atoms with Gasteiger partial charge in [-0.25, -0.2) is 4.39 Å². The van der Waals surface area contributed by atoms with Crippen molar-refractivity contribution in [3.05, 3.63) is 36.0 Å². The highest BCUT2D eigenvalue weighted by Crippen LogP contribution is 2.25. The van der Waals surface area contributed by atoms with Crippen LogP contribution in [-0.2, 0) is 0 Å². The van der Waals surface area contributed by atoms with Crippen molar-refractivity contribution >= 4 is 0 Å². The van der Waals surface area contributed by atoms with Crippen LogP contribution in [0.5, 0.6) is 5.75 Å². The molecule has 0 bridgehead atoms. The van der Waals surface area contributed by atoms with Crippen LogP contribution in [0.15, 0.2) is 18.2 Å². The molecule has 0 saturated heterocycles. The Morgan fingerprint density at radius 2 is 2.27 bits per heavy atom. The van der Waals surface area contributed by atoms with Crippen LogP contribution < -0.4 is 4.74 Å². The highest BCUT2D eigenvalue weighted by Gasteiger charge is 2.09. The molecule has 1 radical (unpaired) electrons. The number of hydrogen-bond acceptors (Lipinski definition) is 1. The van der Waals surface area contributed by atoms with Gasteiger partial charge in [-0.3, -0.25) is 0 Å². The highest BCUT2D eigenvalue weighted by molar-refractivity contribution is 5.40. The fourth-order valence-corrected chi connectivity index (χ4v) is 1.19. The molecule has 0 aromatic heterocycles. The first-order chi connectivity index (χ1) is 5.36. The van der Waals surface area contributed by atoms with E-state index in [-0.39, 0.29) is 5.82 Å². The molecule has 1 aliphatic rings. The minimum absolute atomic E-state index is 0.203. The van der Waals surface area contributed by atoms with Gasteiger partial charge in [0.15, 0.2) is 0 Å². The largest absolute Gasteiger partial charge is 0.493 e. The van der Waals surface area contributed by atoms with E-state index in [0.717, 1.165) is 17.7 Å². The summed E-state index contributed by atoms with van der Waals surface area (Å²) in [7, 11) is 0. The average molecular weight is 151 g/mol. The molecule has 1 nitrogen and oxygen atoms in total. The van der Waals surface area contributed by atoms with Crippen molar-refractivity contribution in [1.82, 2.24) is 0 Å². The van der Waals surface area contributed by atoms with E-state index in [1.165, 1.54) is 12.1 Å². The lowest BCUT2D eigenvalue weighted by molar-refractivity contribution is 0.305. The second-order valence-electron chi connectivity index (χ2n) is 2.52. The van der Waals surface area contributed by atoms with Crippen LogP contribution in [-0.4, -0.2) is 6.61 Å². The topological polar surface area (TPSA) is 9.23 Å². The zero-order valence-corrected chi connectivity index (χ0v) is 6.01. The molecule has 1 aliphatic heterocycles. The van der Waals surface area contributed by atoms with Gasteiger partial charge in [-0.1, -0.05) is 0 Å². The second kappa shape index (κ2) is 2.53. The first kappa shape index (κ1) is 6.65. The molecule has 0 saturated carbocycles. The number of rotatable bonds is 0. The van der Waals surface area contributed by atoms with Crippen molar-refractivity contribution < 1.29 is 9.13 Å². The van der Waals surface area contributed by atoms with Gasteiger partial charge in [0.1, 0.15) is 11.6 Å². The summed E-state index contributed by atoms with van der Waals surface area (Å²) in [5, 5.41) is 0. The molecule has 11 heavy (non-hydrogen) atoms. The summed E-state index contributed by atoms with van der Waals surface area (Å²) in [6.45, 7) is 0.707. The molecule has 0 spiro atoms. The lowest BCUT2D eigenvalue weighted by atomic mass is 10.1. The van der Waals surface area contributed by atoms with Crippen LogP contribution in [0.3, 0.4) is 0 Å². The Morgan fingerprint density at radius 3 is 3.18 bits per heavy atom. The van der Waals surface area contributed by atoms with E-state index < -0.39 is 0 Å². The predicted molar refractivity (Wildman–Crippen MR) is 39.9 cm³/mol. The van der Waals surface area contributed by atoms with E-state index in [4.69, 9.17) is 4.74 Å². The normalized spacial score (nSPS) is 15.4. The lowest BCUT2D eigenvalue weighted by Crippen LogP contribution is -2.06. The van der Waals surface area contributed by atoms with Crippen molar-refractivity contribution in [3.63, 3.8) is 0 Å². The predicted octanol–water partition coefficient (Wildman–Crippen LogP) is 2.16. The summed E-state index contributed by atoms with van der Waals surface area (Å²) in [6, 6.07) is 4.58. The van der Waals surface area contributed by atoms with Crippen LogP contribution in [0.4, 0.5) is 4.39 Å². The summed E-state index contributed by atoms with van der Waals surface area (Å²) in [5.41, 5.74) is 0.872. The van der Waals surface area contributed by atoms with E-state index >= 15 is 0 Å². The quantitative estimate of drug-likeness (QED) is 0.552. The molecule has 0 fully saturated rings. The number of halogens is 1. The molecular formula is C9H8FO. The number of ether oxygens (including phenoxy) is 1. The van der Waals surface area contributed by atoms with Crippen LogP contribution in [0.2, 0.25) is 0 Å². The van der Waals surface area contributed by atoms with Crippen molar-refractivity contribution in [2.75, 3.05) is 6.61 Å².